The number of carbonyl (C=O) groups excluding carboxylic acids is 2. The first kappa shape index (κ1) is 12.1. The van der Waals surface area contributed by atoms with Crippen LogP contribution >= 0.6 is 34.4 Å². The molecule has 1 fully saturated rings. The number of carboxylic acids is 1. The van der Waals surface area contributed by atoms with Gasteiger partial charge in [0.2, 0.25) is 5.70 Å². The number of halogens is 1. The zero-order chi connectivity index (χ0) is 11.9. The fourth-order valence-electron chi connectivity index (χ4n) is 2.06. The fourth-order valence-corrected chi connectivity index (χ4v) is 4.45. The number of alkyl halides is 1. The molecular formula is C9H9INO4S+. The molecule has 2 heterocycles. The van der Waals surface area contributed by atoms with Crippen molar-refractivity contribution in [2.45, 2.75) is 11.8 Å². The van der Waals surface area contributed by atoms with Crippen molar-refractivity contribution in [2.75, 3.05) is 10.2 Å². The Morgan fingerprint density at radius 1 is 1.69 bits per heavy atom. The first-order chi connectivity index (χ1) is 7.57. The molecule has 0 aromatic rings. The molecule has 7 heteroatoms. The summed E-state index contributed by atoms with van der Waals surface area (Å²) in [6, 6.07) is 0. The molecule has 86 valence electrons. The minimum Gasteiger partial charge on any atom is -0.474 e. The monoisotopic (exact) mass is 354 g/mol. The second-order valence-corrected chi connectivity index (χ2v) is 5.57. The van der Waals surface area contributed by atoms with Gasteiger partial charge in [-0.05, 0) is 0 Å². The molecular weight excluding hydrogens is 345 g/mol. The maximum absolute atomic E-state index is 11.6. The highest BCUT2D eigenvalue weighted by atomic mass is 127. The van der Waals surface area contributed by atoms with E-state index in [1.165, 1.54) is 11.8 Å². The largest absolute Gasteiger partial charge is 0.474 e. The lowest BCUT2D eigenvalue weighted by Gasteiger charge is -2.46. The van der Waals surface area contributed by atoms with Crippen molar-refractivity contribution in [3.05, 3.63) is 11.3 Å². The Bertz CT molecular complexity index is 422. The number of rotatable bonds is 3. The summed E-state index contributed by atoms with van der Waals surface area (Å²) in [5.41, 5.74) is 0.652. The Labute approximate surface area is 110 Å². The number of nitrogens with zero attached hydrogens (tertiary/aromatic N) is 1. The Morgan fingerprint density at radius 3 is 2.81 bits per heavy atom. The molecule has 2 rings (SSSR count). The third kappa shape index (κ3) is 1.37. The third-order valence-electron chi connectivity index (χ3n) is 2.90. The standard InChI is InChI=1S/C9H8INO4S/c10-2-5-3-16-7-1-6(13)11(7,4-12)8(5)9(14)15/h4,7H,1-3H2/p+1/t7-,11?/m0/s1. The van der Waals surface area contributed by atoms with Gasteiger partial charge >= 0.3 is 18.3 Å². The zero-order valence-corrected chi connectivity index (χ0v) is 11.2. The number of aliphatic carboxylic acids is 1. The van der Waals surface area contributed by atoms with Gasteiger partial charge in [0.15, 0.2) is 5.37 Å². The number of hydrogen-bond acceptors (Lipinski definition) is 4. The smallest absolute Gasteiger partial charge is 0.391 e. The molecule has 16 heavy (non-hydrogen) atoms. The lowest BCUT2D eigenvalue weighted by molar-refractivity contribution is -0.768. The molecule has 2 aliphatic rings. The van der Waals surface area contributed by atoms with Crippen LogP contribution in [0.2, 0.25) is 0 Å². The maximum Gasteiger partial charge on any atom is 0.391 e. The number of quaternary nitrogens is 1. The number of carbonyl (C=O) groups is 3. The van der Waals surface area contributed by atoms with Gasteiger partial charge in [0.1, 0.15) is 6.42 Å². The van der Waals surface area contributed by atoms with E-state index in [9.17, 15) is 19.5 Å². The van der Waals surface area contributed by atoms with Crippen molar-refractivity contribution in [1.29, 1.82) is 0 Å². The molecule has 2 atom stereocenters. The fraction of sp³-hybridized carbons (Fsp3) is 0.444. The molecule has 2 amide bonds. The second-order valence-electron chi connectivity index (χ2n) is 3.64. The highest BCUT2D eigenvalue weighted by molar-refractivity contribution is 14.1. The van der Waals surface area contributed by atoms with Crippen LogP contribution in [-0.4, -0.2) is 43.4 Å². The number of amides is 2. The summed E-state index contributed by atoms with van der Waals surface area (Å²) in [5, 5.41) is 8.95. The normalized spacial score (nSPS) is 33.1. The molecule has 1 N–H and O–H groups in total. The van der Waals surface area contributed by atoms with Crippen LogP contribution < -0.4 is 0 Å². The van der Waals surface area contributed by atoms with E-state index in [1.54, 1.807) is 0 Å². The maximum atomic E-state index is 11.6. The van der Waals surface area contributed by atoms with Crippen molar-refractivity contribution in [1.82, 2.24) is 0 Å². The highest BCUT2D eigenvalue weighted by Crippen LogP contribution is 2.46. The van der Waals surface area contributed by atoms with E-state index in [-0.39, 0.29) is 23.4 Å². The van der Waals surface area contributed by atoms with Gasteiger partial charge in [0, 0.05) is 15.8 Å². The molecule has 0 aromatic heterocycles. The van der Waals surface area contributed by atoms with E-state index in [1.807, 2.05) is 0 Å². The lowest BCUT2D eigenvalue weighted by atomic mass is 10.0. The second kappa shape index (κ2) is 4.11. The van der Waals surface area contributed by atoms with Crippen LogP contribution in [0.1, 0.15) is 6.42 Å². The average molecular weight is 354 g/mol. The molecule has 1 saturated heterocycles. The number of β-lactam (4-membered cyclic amide) rings is 1. The van der Waals surface area contributed by atoms with Crippen LogP contribution in [0, 0.1) is 0 Å². The topological polar surface area (TPSA) is 71.4 Å². The molecule has 0 saturated carbocycles. The summed E-state index contributed by atoms with van der Waals surface area (Å²) in [7, 11) is 0. The number of imide groups is 1. The van der Waals surface area contributed by atoms with Crippen LogP contribution in [0.25, 0.3) is 0 Å². The Hall–Kier alpha value is -0.410. The SMILES string of the molecule is O=C[N+]12C(=O)C[C@@H]1SCC(CI)=C2C(=O)O. The van der Waals surface area contributed by atoms with Gasteiger partial charge in [-0.2, -0.15) is 4.48 Å². The van der Waals surface area contributed by atoms with Crippen molar-refractivity contribution in [3.63, 3.8) is 0 Å². The van der Waals surface area contributed by atoms with Gasteiger partial charge in [0.25, 0.3) is 0 Å². The summed E-state index contributed by atoms with van der Waals surface area (Å²) in [5.74, 6) is -0.875. The number of carboxylic acid groups (broad SMARTS) is 1. The Morgan fingerprint density at radius 2 is 2.38 bits per heavy atom. The molecule has 0 aliphatic carbocycles. The Kier molecular flexibility index (Phi) is 3.10. The molecule has 0 bridgehead atoms. The molecule has 2 aliphatic heterocycles. The van der Waals surface area contributed by atoms with E-state index in [4.69, 9.17) is 0 Å². The van der Waals surface area contributed by atoms with Crippen molar-refractivity contribution in [2.24, 2.45) is 0 Å². The van der Waals surface area contributed by atoms with E-state index >= 15 is 0 Å². The molecule has 0 aromatic carbocycles. The number of thioether (sulfide) groups is 1. The summed E-state index contributed by atoms with van der Waals surface area (Å²) in [6.45, 7) is 0. The van der Waals surface area contributed by atoms with E-state index in [0.29, 0.717) is 22.2 Å². The van der Waals surface area contributed by atoms with Gasteiger partial charge in [0.05, 0.1) is 0 Å². The minimum absolute atomic E-state index is 0.0237. The number of fused-ring (bicyclic) bond motifs is 1. The summed E-state index contributed by atoms with van der Waals surface area (Å²) in [6.07, 6.45) is 0.757. The predicted molar refractivity (Wildman–Crippen MR) is 65.7 cm³/mol. The van der Waals surface area contributed by atoms with Gasteiger partial charge in [-0.25, -0.2) is 14.4 Å². The first-order valence-electron chi connectivity index (χ1n) is 4.59. The third-order valence-corrected chi connectivity index (χ3v) is 5.22. The van der Waals surface area contributed by atoms with Gasteiger partial charge in [-0.1, -0.05) is 34.4 Å². The Balaban J connectivity index is 2.59. The van der Waals surface area contributed by atoms with Crippen molar-refractivity contribution < 1.29 is 24.0 Å². The lowest BCUT2D eigenvalue weighted by Crippen LogP contribution is -2.69. The summed E-state index contributed by atoms with van der Waals surface area (Å²) >= 11 is 3.54. The molecule has 5 nitrogen and oxygen atoms in total. The van der Waals surface area contributed by atoms with Gasteiger partial charge in [-0.3, -0.25) is 0 Å². The quantitative estimate of drug-likeness (QED) is 0.266. The van der Waals surface area contributed by atoms with Gasteiger partial charge < -0.3 is 5.11 Å². The van der Waals surface area contributed by atoms with E-state index in [2.05, 4.69) is 22.6 Å². The summed E-state index contributed by atoms with van der Waals surface area (Å²) in [4.78, 5) is 34.0. The van der Waals surface area contributed by atoms with Crippen molar-refractivity contribution in [3.8, 4) is 0 Å². The van der Waals surface area contributed by atoms with Crippen LogP contribution in [0.3, 0.4) is 0 Å². The molecule has 0 radical (unpaired) electrons. The van der Waals surface area contributed by atoms with Gasteiger partial charge in [-0.15, -0.1) is 0 Å². The van der Waals surface area contributed by atoms with Crippen LogP contribution in [0.4, 0.5) is 0 Å². The van der Waals surface area contributed by atoms with Crippen LogP contribution in [-0.2, 0) is 14.4 Å². The molecule has 0 spiro atoms. The van der Waals surface area contributed by atoms with E-state index in [0.717, 1.165) is 0 Å². The average Bonchev–Trinajstić information content (AvgIpc) is 2.26. The van der Waals surface area contributed by atoms with Crippen molar-refractivity contribution >= 4 is 52.6 Å². The minimum atomic E-state index is -1.16. The molecule has 1 unspecified atom stereocenters. The van der Waals surface area contributed by atoms with Crippen LogP contribution in [0.15, 0.2) is 11.3 Å². The number of hydrogen-bond donors (Lipinski definition) is 1. The van der Waals surface area contributed by atoms with Crippen LogP contribution in [0.5, 0.6) is 0 Å². The highest BCUT2D eigenvalue weighted by Gasteiger charge is 2.63. The van der Waals surface area contributed by atoms with E-state index < -0.39 is 10.5 Å². The zero-order valence-electron chi connectivity index (χ0n) is 8.18. The predicted octanol–water partition coefficient (Wildman–Crippen LogP) is 0.736. The first-order valence-corrected chi connectivity index (χ1v) is 7.17. The summed E-state index contributed by atoms with van der Waals surface area (Å²) < 4.78 is -0.0848.